The summed E-state index contributed by atoms with van der Waals surface area (Å²) in [5.74, 6) is 2.03. The molecule has 1 aliphatic heterocycles. The second-order valence-electron chi connectivity index (χ2n) is 5.29. The van der Waals surface area contributed by atoms with E-state index in [0.717, 1.165) is 32.1 Å². The SMILES string of the molecule is CCC1CCN(Cc2nccn2CC)C(CN)C1. The average molecular weight is 250 g/mol. The smallest absolute Gasteiger partial charge is 0.122 e. The van der Waals surface area contributed by atoms with Gasteiger partial charge in [-0.1, -0.05) is 13.3 Å². The van der Waals surface area contributed by atoms with Gasteiger partial charge in [0, 0.05) is 31.5 Å². The van der Waals surface area contributed by atoms with Gasteiger partial charge in [-0.15, -0.1) is 0 Å². The number of hydrogen-bond acceptors (Lipinski definition) is 3. The van der Waals surface area contributed by atoms with Crippen molar-refractivity contribution in [2.24, 2.45) is 11.7 Å². The molecule has 1 aromatic heterocycles. The van der Waals surface area contributed by atoms with E-state index in [-0.39, 0.29) is 0 Å². The predicted molar refractivity (Wildman–Crippen MR) is 74.2 cm³/mol. The predicted octanol–water partition coefficient (Wildman–Crippen LogP) is 1.85. The van der Waals surface area contributed by atoms with Gasteiger partial charge in [-0.2, -0.15) is 0 Å². The van der Waals surface area contributed by atoms with Crippen molar-refractivity contribution in [3.05, 3.63) is 18.2 Å². The fourth-order valence-electron chi connectivity index (χ4n) is 2.97. The first-order chi connectivity index (χ1) is 8.78. The Morgan fingerprint density at radius 3 is 2.94 bits per heavy atom. The van der Waals surface area contributed by atoms with E-state index >= 15 is 0 Å². The zero-order valence-corrected chi connectivity index (χ0v) is 11.7. The van der Waals surface area contributed by atoms with E-state index in [1.54, 1.807) is 0 Å². The highest BCUT2D eigenvalue weighted by Crippen LogP contribution is 2.25. The first-order valence-corrected chi connectivity index (χ1v) is 7.22. The molecule has 1 saturated heterocycles. The zero-order chi connectivity index (χ0) is 13.0. The summed E-state index contributed by atoms with van der Waals surface area (Å²) in [7, 11) is 0. The molecule has 4 nitrogen and oxygen atoms in total. The molecule has 4 heteroatoms. The lowest BCUT2D eigenvalue weighted by Crippen LogP contribution is -2.46. The van der Waals surface area contributed by atoms with Crippen LogP contribution in [-0.4, -0.2) is 33.6 Å². The van der Waals surface area contributed by atoms with Crippen LogP contribution in [0.3, 0.4) is 0 Å². The molecule has 1 fully saturated rings. The number of rotatable bonds is 5. The molecular weight excluding hydrogens is 224 g/mol. The lowest BCUT2D eigenvalue weighted by atomic mass is 9.89. The second-order valence-corrected chi connectivity index (χ2v) is 5.29. The van der Waals surface area contributed by atoms with Crippen molar-refractivity contribution in [2.45, 2.75) is 52.2 Å². The zero-order valence-electron chi connectivity index (χ0n) is 11.7. The Morgan fingerprint density at radius 2 is 2.28 bits per heavy atom. The second kappa shape index (κ2) is 6.34. The van der Waals surface area contributed by atoms with Crippen molar-refractivity contribution in [2.75, 3.05) is 13.1 Å². The van der Waals surface area contributed by atoms with Crippen LogP contribution in [-0.2, 0) is 13.1 Å². The van der Waals surface area contributed by atoms with Crippen molar-refractivity contribution in [3.63, 3.8) is 0 Å². The molecule has 0 aromatic carbocycles. The normalized spacial score (nSPS) is 25.5. The Labute approximate surface area is 110 Å². The largest absolute Gasteiger partial charge is 0.334 e. The Kier molecular flexibility index (Phi) is 4.78. The molecule has 0 bridgehead atoms. The molecule has 0 radical (unpaired) electrons. The summed E-state index contributed by atoms with van der Waals surface area (Å²) in [6.07, 6.45) is 7.80. The number of hydrogen-bond donors (Lipinski definition) is 1. The van der Waals surface area contributed by atoms with E-state index in [9.17, 15) is 0 Å². The number of nitrogens with two attached hydrogens (primary N) is 1. The van der Waals surface area contributed by atoms with Crippen LogP contribution in [0.5, 0.6) is 0 Å². The lowest BCUT2D eigenvalue weighted by Gasteiger charge is -2.38. The quantitative estimate of drug-likeness (QED) is 0.867. The molecule has 2 rings (SSSR count). The van der Waals surface area contributed by atoms with Gasteiger partial charge < -0.3 is 10.3 Å². The standard InChI is InChI=1S/C14H26N4/c1-3-12-5-7-18(13(9-12)10-15)11-14-16-6-8-17(14)4-2/h6,8,12-13H,3-5,7,9-11,15H2,1-2H3. The molecule has 2 heterocycles. The van der Waals surface area contributed by atoms with E-state index in [2.05, 4.69) is 34.5 Å². The monoisotopic (exact) mass is 250 g/mol. The van der Waals surface area contributed by atoms with Gasteiger partial charge in [-0.3, -0.25) is 4.90 Å². The molecule has 2 N–H and O–H groups in total. The fraction of sp³-hybridized carbons (Fsp3) is 0.786. The van der Waals surface area contributed by atoms with Crippen molar-refractivity contribution >= 4 is 0 Å². The minimum Gasteiger partial charge on any atom is -0.334 e. The molecule has 0 aliphatic carbocycles. The van der Waals surface area contributed by atoms with Crippen LogP contribution in [0.25, 0.3) is 0 Å². The van der Waals surface area contributed by atoms with Crippen LogP contribution in [0.15, 0.2) is 12.4 Å². The summed E-state index contributed by atoms with van der Waals surface area (Å²) in [6.45, 7) is 8.32. The summed E-state index contributed by atoms with van der Waals surface area (Å²) in [6, 6.07) is 0.533. The maximum atomic E-state index is 5.94. The summed E-state index contributed by atoms with van der Waals surface area (Å²) in [5.41, 5.74) is 5.94. The summed E-state index contributed by atoms with van der Waals surface area (Å²) in [5, 5.41) is 0. The molecular formula is C14H26N4. The maximum Gasteiger partial charge on any atom is 0.122 e. The molecule has 102 valence electrons. The first kappa shape index (κ1) is 13.6. The fourth-order valence-corrected chi connectivity index (χ4v) is 2.97. The van der Waals surface area contributed by atoms with Gasteiger partial charge in [0.1, 0.15) is 5.82 Å². The molecule has 0 amide bonds. The molecule has 0 saturated carbocycles. The van der Waals surface area contributed by atoms with E-state index in [1.165, 1.54) is 25.1 Å². The van der Waals surface area contributed by atoms with Crippen LogP contribution in [0.2, 0.25) is 0 Å². The molecule has 0 spiro atoms. The number of likely N-dealkylation sites (tertiary alicyclic amines) is 1. The maximum absolute atomic E-state index is 5.94. The van der Waals surface area contributed by atoms with Gasteiger partial charge >= 0.3 is 0 Å². The van der Waals surface area contributed by atoms with Crippen LogP contribution < -0.4 is 5.73 Å². The number of aryl methyl sites for hydroxylation is 1. The van der Waals surface area contributed by atoms with Gasteiger partial charge in [0.15, 0.2) is 0 Å². The van der Waals surface area contributed by atoms with E-state index in [4.69, 9.17) is 5.73 Å². The highest BCUT2D eigenvalue weighted by molar-refractivity contribution is 4.94. The van der Waals surface area contributed by atoms with Crippen LogP contribution in [0.4, 0.5) is 0 Å². The minimum atomic E-state index is 0.533. The van der Waals surface area contributed by atoms with E-state index < -0.39 is 0 Å². The molecule has 18 heavy (non-hydrogen) atoms. The Morgan fingerprint density at radius 1 is 1.44 bits per heavy atom. The van der Waals surface area contributed by atoms with Crippen LogP contribution in [0.1, 0.15) is 38.9 Å². The Balaban J connectivity index is 2.00. The lowest BCUT2D eigenvalue weighted by molar-refractivity contribution is 0.103. The van der Waals surface area contributed by atoms with E-state index in [0.29, 0.717) is 6.04 Å². The van der Waals surface area contributed by atoms with Gasteiger partial charge in [0.05, 0.1) is 6.54 Å². The third kappa shape index (κ3) is 2.93. The van der Waals surface area contributed by atoms with Crippen molar-refractivity contribution in [1.29, 1.82) is 0 Å². The van der Waals surface area contributed by atoms with Crippen molar-refractivity contribution in [1.82, 2.24) is 14.5 Å². The number of piperidine rings is 1. The minimum absolute atomic E-state index is 0.533. The highest BCUT2D eigenvalue weighted by atomic mass is 15.2. The van der Waals surface area contributed by atoms with Crippen LogP contribution in [0, 0.1) is 5.92 Å². The summed E-state index contributed by atoms with van der Waals surface area (Å²) < 4.78 is 2.22. The van der Waals surface area contributed by atoms with Gasteiger partial charge in [-0.05, 0) is 32.2 Å². The van der Waals surface area contributed by atoms with Crippen molar-refractivity contribution in [3.8, 4) is 0 Å². The number of aromatic nitrogens is 2. The molecule has 2 atom stereocenters. The Hall–Kier alpha value is -0.870. The van der Waals surface area contributed by atoms with Gasteiger partial charge in [0.25, 0.3) is 0 Å². The van der Waals surface area contributed by atoms with E-state index in [1.807, 2.05) is 6.20 Å². The van der Waals surface area contributed by atoms with Gasteiger partial charge in [-0.25, -0.2) is 4.98 Å². The molecule has 1 aliphatic rings. The third-order valence-corrected chi connectivity index (χ3v) is 4.28. The molecule has 2 unspecified atom stereocenters. The van der Waals surface area contributed by atoms with Gasteiger partial charge in [0.2, 0.25) is 0 Å². The first-order valence-electron chi connectivity index (χ1n) is 7.22. The topological polar surface area (TPSA) is 47.1 Å². The third-order valence-electron chi connectivity index (χ3n) is 4.28. The van der Waals surface area contributed by atoms with Crippen molar-refractivity contribution < 1.29 is 0 Å². The Bertz CT molecular complexity index is 360. The highest BCUT2D eigenvalue weighted by Gasteiger charge is 2.27. The summed E-state index contributed by atoms with van der Waals surface area (Å²) in [4.78, 5) is 6.98. The summed E-state index contributed by atoms with van der Waals surface area (Å²) >= 11 is 0. The molecule has 1 aromatic rings. The number of nitrogens with zero attached hydrogens (tertiary/aromatic N) is 3. The number of imidazole rings is 1. The average Bonchev–Trinajstić information content (AvgIpc) is 2.86. The van der Waals surface area contributed by atoms with Crippen LogP contribution >= 0.6 is 0 Å².